The molecule has 1 heterocycles. The molecule has 1 aromatic carbocycles. The van der Waals surface area contributed by atoms with Gasteiger partial charge in [-0.15, -0.1) is 0 Å². The summed E-state index contributed by atoms with van der Waals surface area (Å²) in [7, 11) is 0. The van der Waals surface area contributed by atoms with Crippen LogP contribution in [0.3, 0.4) is 0 Å². The highest BCUT2D eigenvalue weighted by molar-refractivity contribution is 5.71. The van der Waals surface area contributed by atoms with Gasteiger partial charge in [0, 0.05) is 12.1 Å². The van der Waals surface area contributed by atoms with Gasteiger partial charge in [0.15, 0.2) is 0 Å². The molecule has 92 valence electrons. The number of benzene rings is 1. The van der Waals surface area contributed by atoms with Crippen molar-refractivity contribution in [1.82, 2.24) is 0 Å². The maximum atomic E-state index is 13.8. The summed E-state index contributed by atoms with van der Waals surface area (Å²) in [5.41, 5.74) is 1.48. The fourth-order valence-electron chi connectivity index (χ4n) is 2.60. The number of hydrogen-bond acceptors (Lipinski definition) is 2. The van der Waals surface area contributed by atoms with E-state index in [1.807, 2.05) is 24.8 Å². The Hall–Kier alpha value is -1.58. The highest BCUT2D eigenvalue weighted by Gasteiger charge is 2.34. The molecular formula is C13H16FNO2. The Balaban J connectivity index is 2.38. The second-order valence-corrected chi connectivity index (χ2v) is 4.70. The molecule has 1 aromatic rings. The van der Waals surface area contributed by atoms with Gasteiger partial charge in [-0.05, 0) is 31.9 Å². The summed E-state index contributed by atoms with van der Waals surface area (Å²) in [6.45, 7) is 3.91. The first-order chi connectivity index (χ1) is 8.00. The molecular weight excluding hydrogens is 221 g/mol. The quantitative estimate of drug-likeness (QED) is 0.877. The van der Waals surface area contributed by atoms with Crippen molar-refractivity contribution in [3.8, 4) is 0 Å². The van der Waals surface area contributed by atoms with E-state index in [4.69, 9.17) is 5.11 Å². The Morgan fingerprint density at radius 2 is 2.29 bits per heavy atom. The van der Waals surface area contributed by atoms with E-state index >= 15 is 0 Å². The normalized spacial score (nSPS) is 18.6. The van der Waals surface area contributed by atoms with Crippen LogP contribution < -0.4 is 4.90 Å². The molecule has 1 aliphatic rings. The predicted octanol–water partition coefficient (Wildman–Crippen LogP) is 2.44. The van der Waals surface area contributed by atoms with Crippen molar-refractivity contribution in [3.63, 3.8) is 0 Å². The van der Waals surface area contributed by atoms with Crippen molar-refractivity contribution < 1.29 is 14.3 Å². The van der Waals surface area contributed by atoms with E-state index in [9.17, 15) is 9.18 Å². The minimum atomic E-state index is -0.839. The van der Waals surface area contributed by atoms with Crippen LogP contribution in [0.2, 0.25) is 0 Å². The summed E-state index contributed by atoms with van der Waals surface area (Å²) < 4.78 is 13.8. The molecule has 0 fully saturated rings. The maximum Gasteiger partial charge on any atom is 0.305 e. The summed E-state index contributed by atoms with van der Waals surface area (Å²) in [6.07, 6.45) is 0.657. The molecule has 2 rings (SSSR count). The maximum absolute atomic E-state index is 13.8. The third-order valence-corrected chi connectivity index (χ3v) is 3.14. The Morgan fingerprint density at radius 1 is 1.59 bits per heavy atom. The molecule has 1 aliphatic heterocycles. The van der Waals surface area contributed by atoms with E-state index in [0.717, 1.165) is 5.56 Å². The fourth-order valence-corrected chi connectivity index (χ4v) is 2.60. The number of rotatable bonds is 3. The van der Waals surface area contributed by atoms with Crippen LogP contribution in [0.5, 0.6) is 0 Å². The minimum absolute atomic E-state index is 0.0479. The highest BCUT2D eigenvalue weighted by atomic mass is 19.1. The third kappa shape index (κ3) is 2.12. The van der Waals surface area contributed by atoms with Crippen LogP contribution >= 0.6 is 0 Å². The Labute approximate surface area is 99.9 Å². The Kier molecular flexibility index (Phi) is 3.05. The largest absolute Gasteiger partial charge is 0.481 e. The molecule has 1 N–H and O–H groups in total. The Morgan fingerprint density at radius 3 is 2.88 bits per heavy atom. The number of fused-ring (bicyclic) bond motifs is 1. The van der Waals surface area contributed by atoms with Gasteiger partial charge in [-0.1, -0.05) is 12.1 Å². The summed E-state index contributed by atoms with van der Waals surface area (Å²) in [4.78, 5) is 12.7. The van der Waals surface area contributed by atoms with Gasteiger partial charge in [-0.2, -0.15) is 0 Å². The van der Waals surface area contributed by atoms with E-state index in [1.54, 1.807) is 6.07 Å². The van der Waals surface area contributed by atoms with E-state index < -0.39 is 5.97 Å². The predicted molar refractivity (Wildman–Crippen MR) is 63.8 cm³/mol. The number of carboxylic acids is 1. The van der Waals surface area contributed by atoms with E-state index in [2.05, 4.69) is 0 Å². The lowest BCUT2D eigenvalue weighted by Gasteiger charge is -2.30. The van der Waals surface area contributed by atoms with Gasteiger partial charge in [0.2, 0.25) is 0 Å². The van der Waals surface area contributed by atoms with Crippen molar-refractivity contribution in [3.05, 3.63) is 29.6 Å². The molecule has 0 aliphatic carbocycles. The molecule has 0 amide bonds. The van der Waals surface area contributed by atoms with Crippen LogP contribution in [0, 0.1) is 5.82 Å². The number of anilines is 1. The lowest BCUT2D eigenvalue weighted by Crippen LogP contribution is -2.39. The molecule has 0 radical (unpaired) electrons. The van der Waals surface area contributed by atoms with E-state index in [1.165, 1.54) is 6.07 Å². The lowest BCUT2D eigenvalue weighted by atomic mass is 10.1. The zero-order chi connectivity index (χ0) is 12.6. The third-order valence-electron chi connectivity index (χ3n) is 3.14. The van der Waals surface area contributed by atoms with Crippen molar-refractivity contribution >= 4 is 11.7 Å². The summed E-state index contributed by atoms with van der Waals surface area (Å²) >= 11 is 0. The van der Waals surface area contributed by atoms with E-state index in [-0.39, 0.29) is 24.3 Å². The average Bonchev–Trinajstić information content (AvgIpc) is 2.56. The van der Waals surface area contributed by atoms with Gasteiger partial charge in [0.25, 0.3) is 0 Å². The van der Waals surface area contributed by atoms with Gasteiger partial charge < -0.3 is 10.0 Å². The lowest BCUT2D eigenvalue weighted by molar-refractivity contribution is -0.137. The van der Waals surface area contributed by atoms with Gasteiger partial charge >= 0.3 is 5.97 Å². The molecule has 0 bridgehead atoms. The van der Waals surface area contributed by atoms with E-state index in [0.29, 0.717) is 12.1 Å². The average molecular weight is 237 g/mol. The Bertz CT molecular complexity index is 445. The molecule has 17 heavy (non-hydrogen) atoms. The molecule has 0 aromatic heterocycles. The molecule has 0 spiro atoms. The first-order valence-electron chi connectivity index (χ1n) is 5.78. The van der Waals surface area contributed by atoms with Gasteiger partial charge in [0.1, 0.15) is 5.82 Å². The minimum Gasteiger partial charge on any atom is -0.481 e. The van der Waals surface area contributed by atoms with Gasteiger partial charge in [0.05, 0.1) is 12.1 Å². The van der Waals surface area contributed by atoms with Crippen molar-refractivity contribution in [2.45, 2.75) is 38.8 Å². The van der Waals surface area contributed by atoms with Crippen molar-refractivity contribution in [2.75, 3.05) is 4.90 Å². The topological polar surface area (TPSA) is 40.5 Å². The van der Waals surface area contributed by atoms with Crippen LogP contribution in [0.25, 0.3) is 0 Å². The number of hydrogen-bond donors (Lipinski definition) is 1. The number of halogens is 1. The zero-order valence-corrected chi connectivity index (χ0v) is 9.98. The first-order valence-corrected chi connectivity index (χ1v) is 5.78. The second-order valence-electron chi connectivity index (χ2n) is 4.70. The summed E-state index contributed by atoms with van der Waals surface area (Å²) in [5.74, 6) is -1.10. The van der Waals surface area contributed by atoms with Gasteiger partial charge in [-0.3, -0.25) is 4.79 Å². The van der Waals surface area contributed by atoms with Crippen LogP contribution in [-0.4, -0.2) is 23.2 Å². The standard InChI is InChI=1S/C13H16FNO2/c1-8(2)15-10(7-12(16)17)6-9-4-3-5-11(14)13(9)15/h3-5,8,10H,6-7H2,1-2H3,(H,16,17). The fraction of sp³-hybridized carbons (Fsp3) is 0.462. The monoisotopic (exact) mass is 237 g/mol. The first kappa shape index (κ1) is 11.9. The molecule has 0 saturated heterocycles. The smallest absolute Gasteiger partial charge is 0.305 e. The number of aliphatic carboxylic acids is 1. The zero-order valence-electron chi connectivity index (χ0n) is 9.98. The molecule has 4 heteroatoms. The number of para-hydroxylation sites is 1. The summed E-state index contributed by atoms with van der Waals surface area (Å²) in [5, 5.41) is 8.90. The highest BCUT2D eigenvalue weighted by Crippen LogP contribution is 2.37. The van der Waals surface area contributed by atoms with Crippen molar-refractivity contribution in [1.29, 1.82) is 0 Å². The molecule has 3 nitrogen and oxygen atoms in total. The molecule has 0 saturated carbocycles. The van der Waals surface area contributed by atoms with Crippen LogP contribution in [0.1, 0.15) is 25.8 Å². The van der Waals surface area contributed by atoms with Crippen LogP contribution in [0.4, 0.5) is 10.1 Å². The molecule has 1 unspecified atom stereocenters. The SMILES string of the molecule is CC(C)N1c2c(F)cccc2CC1CC(=O)O. The van der Waals surface area contributed by atoms with Crippen LogP contribution in [0.15, 0.2) is 18.2 Å². The summed E-state index contributed by atoms with van der Waals surface area (Å²) in [6, 6.07) is 4.93. The van der Waals surface area contributed by atoms with Crippen molar-refractivity contribution in [2.24, 2.45) is 0 Å². The number of nitrogens with zero attached hydrogens (tertiary/aromatic N) is 1. The second kappa shape index (κ2) is 4.35. The van der Waals surface area contributed by atoms with Crippen LogP contribution in [-0.2, 0) is 11.2 Å². The molecule has 1 atom stereocenters. The van der Waals surface area contributed by atoms with Gasteiger partial charge in [-0.25, -0.2) is 4.39 Å². The number of carbonyl (C=O) groups is 1. The number of carboxylic acid groups (broad SMARTS) is 1.